The van der Waals surface area contributed by atoms with E-state index in [1.165, 1.54) is 16.8 Å². The van der Waals surface area contributed by atoms with Gasteiger partial charge in [-0.1, -0.05) is 23.8 Å². The van der Waals surface area contributed by atoms with Crippen molar-refractivity contribution in [2.45, 2.75) is 31.7 Å². The number of morpholine rings is 1. The van der Waals surface area contributed by atoms with E-state index in [0.717, 1.165) is 35.8 Å². The van der Waals surface area contributed by atoms with Crippen molar-refractivity contribution >= 4 is 10.0 Å². The van der Waals surface area contributed by atoms with Crippen molar-refractivity contribution in [1.82, 2.24) is 19.7 Å². The summed E-state index contributed by atoms with van der Waals surface area (Å²) in [7, 11) is -4.01. The molecule has 0 unspecified atom stereocenters. The third kappa shape index (κ3) is 5.04. The number of halogens is 1. The van der Waals surface area contributed by atoms with Crippen LogP contribution in [0.15, 0.2) is 41.3 Å². The number of nitrogens with two attached hydrogens (primary N) is 1. The van der Waals surface area contributed by atoms with Gasteiger partial charge in [0, 0.05) is 19.5 Å². The Morgan fingerprint density at radius 3 is 2.56 bits per heavy atom. The first kappa shape index (κ1) is 22.5. The van der Waals surface area contributed by atoms with Crippen LogP contribution in [0, 0.1) is 19.7 Å². The predicted molar refractivity (Wildman–Crippen MR) is 118 cm³/mol. The molecule has 4 rings (SSSR count). The second kappa shape index (κ2) is 9.07. The fourth-order valence-corrected chi connectivity index (χ4v) is 4.25. The normalized spacial score (nSPS) is 15.2. The fourth-order valence-electron chi connectivity index (χ4n) is 3.72. The van der Waals surface area contributed by atoms with Gasteiger partial charge in [0.1, 0.15) is 17.3 Å². The number of nitrogens with zero attached hydrogens (tertiary/aromatic N) is 4. The number of aryl methyl sites for hydroxylation is 2. The van der Waals surface area contributed by atoms with Crippen LogP contribution >= 0.6 is 0 Å². The Kier molecular flexibility index (Phi) is 6.38. The van der Waals surface area contributed by atoms with E-state index < -0.39 is 15.8 Å². The van der Waals surface area contributed by atoms with Gasteiger partial charge >= 0.3 is 0 Å². The molecule has 1 aromatic heterocycles. The number of sulfonamides is 1. The summed E-state index contributed by atoms with van der Waals surface area (Å²) in [6.07, 6.45) is 0.458. The second-order valence-corrected chi connectivity index (χ2v) is 9.57. The van der Waals surface area contributed by atoms with Crippen molar-refractivity contribution in [2.75, 3.05) is 26.3 Å². The number of hydrogen-bond acceptors (Lipinski definition) is 6. The average Bonchev–Trinajstić information content (AvgIpc) is 3.12. The molecule has 32 heavy (non-hydrogen) atoms. The summed E-state index contributed by atoms with van der Waals surface area (Å²) in [5.41, 5.74) is 3.41. The van der Waals surface area contributed by atoms with Crippen molar-refractivity contribution in [1.29, 1.82) is 0 Å². The Labute approximate surface area is 186 Å². The van der Waals surface area contributed by atoms with E-state index in [9.17, 15) is 12.8 Å². The third-order valence-electron chi connectivity index (χ3n) is 5.52. The molecule has 3 aromatic rings. The molecule has 10 heteroatoms. The lowest BCUT2D eigenvalue weighted by Gasteiger charge is -2.25. The van der Waals surface area contributed by atoms with E-state index in [-0.39, 0.29) is 10.6 Å². The van der Waals surface area contributed by atoms with Crippen LogP contribution in [-0.2, 0) is 27.7 Å². The maximum absolute atomic E-state index is 15.0. The smallest absolute Gasteiger partial charge is 0.238 e. The minimum atomic E-state index is -4.01. The molecule has 2 aromatic carbocycles. The summed E-state index contributed by atoms with van der Waals surface area (Å²) >= 11 is 0. The molecular weight excluding hydrogens is 433 g/mol. The zero-order chi connectivity index (χ0) is 22.9. The van der Waals surface area contributed by atoms with E-state index in [0.29, 0.717) is 37.8 Å². The summed E-state index contributed by atoms with van der Waals surface area (Å²) in [5.74, 6) is 0.410. The molecule has 0 radical (unpaired) electrons. The molecule has 1 aliphatic rings. The minimum absolute atomic E-state index is 0.124. The largest absolute Gasteiger partial charge is 0.379 e. The number of hydrogen-bond donors (Lipinski definition) is 1. The van der Waals surface area contributed by atoms with Crippen LogP contribution in [0.3, 0.4) is 0 Å². The molecule has 0 atom stereocenters. The summed E-state index contributed by atoms with van der Waals surface area (Å²) in [5, 5.41) is 9.72. The van der Waals surface area contributed by atoms with Crippen LogP contribution in [0.25, 0.3) is 5.69 Å². The van der Waals surface area contributed by atoms with Crippen molar-refractivity contribution in [2.24, 2.45) is 5.14 Å². The second-order valence-electron chi connectivity index (χ2n) is 8.01. The molecule has 0 aliphatic carbocycles. The van der Waals surface area contributed by atoms with Crippen LogP contribution < -0.4 is 5.14 Å². The van der Waals surface area contributed by atoms with Crippen molar-refractivity contribution in [3.63, 3.8) is 0 Å². The van der Waals surface area contributed by atoms with Crippen LogP contribution in [0.1, 0.15) is 28.3 Å². The first-order chi connectivity index (χ1) is 15.2. The standard InChI is InChI=1S/C22H26FN5O3S/c1-15-3-4-16(2)17(11-15)12-22-25-21(14-27-7-9-31-10-8-27)26-28(22)20-6-5-18(13-19(20)23)32(24,29)30/h3-6,11,13H,7-10,12,14H2,1-2H3,(H2,24,29,30). The monoisotopic (exact) mass is 459 g/mol. The van der Waals surface area contributed by atoms with Gasteiger partial charge in [-0.25, -0.2) is 27.6 Å². The molecule has 0 saturated carbocycles. The van der Waals surface area contributed by atoms with Gasteiger partial charge in [0.15, 0.2) is 5.82 Å². The Hall–Kier alpha value is -2.66. The van der Waals surface area contributed by atoms with Crippen molar-refractivity contribution in [3.8, 4) is 5.69 Å². The minimum Gasteiger partial charge on any atom is -0.379 e. The van der Waals surface area contributed by atoms with Gasteiger partial charge in [-0.15, -0.1) is 5.10 Å². The first-order valence-corrected chi connectivity index (χ1v) is 11.9. The fraction of sp³-hybridized carbons (Fsp3) is 0.364. The summed E-state index contributed by atoms with van der Waals surface area (Å²) in [6, 6.07) is 9.72. The van der Waals surface area contributed by atoms with Gasteiger partial charge in [0.25, 0.3) is 0 Å². The summed E-state index contributed by atoms with van der Waals surface area (Å²) in [4.78, 5) is 6.62. The zero-order valence-electron chi connectivity index (χ0n) is 18.1. The Morgan fingerprint density at radius 1 is 1.12 bits per heavy atom. The van der Waals surface area contributed by atoms with Gasteiger partial charge in [0.2, 0.25) is 10.0 Å². The Bertz CT molecular complexity index is 1240. The molecule has 2 N–H and O–H groups in total. The maximum Gasteiger partial charge on any atom is 0.238 e. The summed E-state index contributed by atoms with van der Waals surface area (Å²) < 4.78 is 45.0. The highest BCUT2D eigenvalue weighted by Gasteiger charge is 2.20. The highest BCUT2D eigenvalue weighted by molar-refractivity contribution is 7.89. The van der Waals surface area contributed by atoms with Crippen LogP contribution in [0.5, 0.6) is 0 Å². The third-order valence-corrected chi connectivity index (χ3v) is 6.43. The first-order valence-electron chi connectivity index (χ1n) is 10.3. The maximum atomic E-state index is 15.0. The van der Waals surface area contributed by atoms with Crippen LogP contribution in [-0.4, -0.2) is 54.4 Å². The van der Waals surface area contributed by atoms with Crippen molar-refractivity contribution < 1.29 is 17.5 Å². The van der Waals surface area contributed by atoms with E-state index >= 15 is 0 Å². The van der Waals surface area contributed by atoms with Crippen LogP contribution in [0.4, 0.5) is 4.39 Å². The molecular formula is C22H26FN5O3S. The van der Waals surface area contributed by atoms with Gasteiger partial charge < -0.3 is 4.74 Å². The Morgan fingerprint density at radius 2 is 1.88 bits per heavy atom. The molecule has 0 bridgehead atoms. The predicted octanol–water partition coefficient (Wildman–Crippen LogP) is 2.09. The highest BCUT2D eigenvalue weighted by Crippen LogP contribution is 2.22. The molecule has 2 heterocycles. The number of rotatable bonds is 6. The topological polar surface area (TPSA) is 103 Å². The SMILES string of the molecule is Cc1ccc(C)c(Cc2nc(CN3CCOCC3)nn2-c2ccc(S(N)(=O)=O)cc2F)c1. The lowest BCUT2D eigenvalue weighted by Crippen LogP contribution is -2.36. The molecule has 0 amide bonds. The van der Waals surface area contributed by atoms with E-state index in [4.69, 9.17) is 14.9 Å². The number of benzene rings is 2. The number of primary sulfonamides is 1. The van der Waals surface area contributed by atoms with Gasteiger partial charge in [-0.2, -0.15) is 0 Å². The number of ether oxygens (including phenoxy) is 1. The lowest BCUT2D eigenvalue weighted by molar-refractivity contribution is 0.0330. The zero-order valence-corrected chi connectivity index (χ0v) is 18.9. The molecule has 1 fully saturated rings. The Balaban J connectivity index is 1.74. The number of aromatic nitrogens is 3. The molecule has 1 aliphatic heterocycles. The van der Waals surface area contributed by atoms with E-state index in [1.54, 1.807) is 0 Å². The quantitative estimate of drug-likeness (QED) is 0.606. The summed E-state index contributed by atoms with van der Waals surface area (Å²) in [6.45, 7) is 7.41. The van der Waals surface area contributed by atoms with E-state index in [2.05, 4.69) is 16.1 Å². The van der Waals surface area contributed by atoms with Crippen molar-refractivity contribution in [3.05, 3.63) is 70.6 Å². The van der Waals surface area contributed by atoms with E-state index in [1.807, 2.05) is 26.0 Å². The molecule has 8 nitrogen and oxygen atoms in total. The van der Waals surface area contributed by atoms with Gasteiger partial charge in [-0.3, -0.25) is 4.90 Å². The molecule has 170 valence electrons. The average molecular weight is 460 g/mol. The van der Waals surface area contributed by atoms with Crippen LogP contribution in [0.2, 0.25) is 0 Å². The highest BCUT2D eigenvalue weighted by atomic mass is 32.2. The van der Waals surface area contributed by atoms with Gasteiger partial charge in [0.05, 0.1) is 24.7 Å². The lowest BCUT2D eigenvalue weighted by atomic mass is 10.0. The van der Waals surface area contributed by atoms with Gasteiger partial charge in [-0.05, 0) is 43.2 Å². The molecule has 1 saturated heterocycles. The molecule has 0 spiro atoms.